The van der Waals surface area contributed by atoms with E-state index in [-0.39, 0.29) is 11.8 Å². The molecular formula is C22H23N5O. The Morgan fingerprint density at radius 3 is 3.00 bits per heavy atom. The van der Waals surface area contributed by atoms with Crippen LogP contribution in [0.5, 0.6) is 0 Å². The number of rotatable bonds is 4. The number of piperidine rings is 1. The molecule has 0 saturated carbocycles. The summed E-state index contributed by atoms with van der Waals surface area (Å²) in [5.74, 6) is 1.43. The van der Waals surface area contributed by atoms with Gasteiger partial charge in [0, 0.05) is 48.7 Å². The molecule has 1 unspecified atom stereocenters. The van der Waals surface area contributed by atoms with E-state index < -0.39 is 0 Å². The topological polar surface area (TPSA) is 66.3 Å². The summed E-state index contributed by atoms with van der Waals surface area (Å²) in [6, 6.07) is 14.2. The molecule has 6 nitrogen and oxygen atoms in total. The molecule has 4 heterocycles. The van der Waals surface area contributed by atoms with Crippen LogP contribution in [0.3, 0.4) is 0 Å². The highest BCUT2D eigenvalue weighted by molar-refractivity contribution is 5.84. The molecule has 28 heavy (non-hydrogen) atoms. The van der Waals surface area contributed by atoms with Crippen molar-refractivity contribution in [2.45, 2.75) is 31.6 Å². The molecule has 5 rings (SSSR count). The number of H-pyrrole nitrogens is 1. The first-order valence-corrected chi connectivity index (χ1v) is 9.92. The van der Waals surface area contributed by atoms with E-state index >= 15 is 0 Å². The monoisotopic (exact) mass is 373 g/mol. The van der Waals surface area contributed by atoms with Crippen molar-refractivity contribution in [2.24, 2.45) is 0 Å². The number of hydrogen-bond donors (Lipinski definition) is 1. The minimum Gasteiger partial charge on any atom is -0.361 e. The smallest absolute Gasteiger partial charge is 0.222 e. The number of aromatic nitrogens is 4. The van der Waals surface area contributed by atoms with Gasteiger partial charge in [0.1, 0.15) is 5.82 Å². The van der Waals surface area contributed by atoms with Gasteiger partial charge in [0.2, 0.25) is 5.91 Å². The zero-order valence-corrected chi connectivity index (χ0v) is 15.7. The lowest BCUT2D eigenvalue weighted by Crippen LogP contribution is -2.39. The molecular weight excluding hydrogens is 350 g/mol. The second kappa shape index (κ2) is 7.11. The number of aromatic amines is 1. The number of para-hydroxylation sites is 1. The largest absolute Gasteiger partial charge is 0.361 e. The Balaban J connectivity index is 1.27. The van der Waals surface area contributed by atoms with Gasteiger partial charge in [-0.25, -0.2) is 0 Å². The van der Waals surface area contributed by atoms with Gasteiger partial charge in [0.25, 0.3) is 0 Å². The first-order chi connectivity index (χ1) is 13.8. The van der Waals surface area contributed by atoms with E-state index in [0.717, 1.165) is 49.3 Å². The number of carbonyl (C=O) groups is 1. The van der Waals surface area contributed by atoms with Gasteiger partial charge in [-0.15, -0.1) is 10.2 Å². The Kier molecular flexibility index (Phi) is 4.31. The number of aryl methyl sites for hydroxylation is 1. The van der Waals surface area contributed by atoms with Crippen molar-refractivity contribution in [3.8, 4) is 0 Å². The number of likely N-dealkylation sites (tertiary alicyclic amines) is 1. The molecule has 1 amide bonds. The highest BCUT2D eigenvalue weighted by Gasteiger charge is 2.27. The number of hydrogen-bond acceptors (Lipinski definition) is 3. The van der Waals surface area contributed by atoms with Gasteiger partial charge in [-0.05, 0) is 43.0 Å². The van der Waals surface area contributed by atoms with E-state index in [9.17, 15) is 4.79 Å². The second-order valence-electron chi connectivity index (χ2n) is 7.53. The average Bonchev–Trinajstić information content (AvgIpc) is 3.36. The molecule has 1 saturated heterocycles. The molecule has 1 aliphatic rings. The summed E-state index contributed by atoms with van der Waals surface area (Å²) in [7, 11) is 0. The summed E-state index contributed by atoms with van der Waals surface area (Å²) in [6.45, 7) is 1.56. The van der Waals surface area contributed by atoms with Crippen molar-refractivity contribution in [1.82, 2.24) is 24.5 Å². The second-order valence-corrected chi connectivity index (χ2v) is 7.53. The van der Waals surface area contributed by atoms with Gasteiger partial charge in [-0.1, -0.05) is 24.3 Å². The van der Waals surface area contributed by atoms with Crippen LogP contribution in [0.15, 0.2) is 54.9 Å². The van der Waals surface area contributed by atoms with Gasteiger partial charge in [-0.3, -0.25) is 9.20 Å². The number of nitrogens with one attached hydrogen (secondary N) is 1. The van der Waals surface area contributed by atoms with Crippen LogP contribution < -0.4 is 0 Å². The Bertz CT molecular complexity index is 1130. The molecule has 4 aromatic rings. The molecule has 1 aliphatic heterocycles. The van der Waals surface area contributed by atoms with E-state index in [1.807, 2.05) is 52.0 Å². The Morgan fingerprint density at radius 1 is 1.14 bits per heavy atom. The van der Waals surface area contributed by atoms with Crippen LogP contribution in [0.2, 0.25) is 0 Å². The molecule has 1 atom stereocenters. The van der Waals surface area contributed by atoms with Gasteiger partial charge in [-0.2, -0.15) is 0 Å². The van der Waals surface area contributed by atoms with Crippen LogP contribution in [0.4, 0.5) is 0 Å². The molecule has 0 aliphatic carbocycles. The van der Waals surface area contributed by atoms with Crippen molar-refractivity contribution in [2.75, 3.05) is 13.1 Å². The average molecular weight is 373 g/mol. The standard InChI is InChI=1S/C22H23N5O/c28-21(11-10-16-14-23-19-8-2-1-7-18(16)19)26-12-5-6-17(15-26)22-25-24-20-9-3-4-13-27(20)22/h1-4,7-9,13-14,17,23H,5-6,10-12,15H2. The third-order valence-electron chi connectivity index (χ3n) is 5.76. The zero-order chi connectivity index (χ0) is 18.9. The molecule has 3 aromatic heterocycles. The van der Waals surface area contributed by atoms with Crippen LogP contribution >= 0.6 is 0 Å². The fourth-order valence-electron chi connectivity index (χ4n) is 4.29. The lowest BCUT2D eigenvalue weighted by molar-refractivity contribution is -0.132. The third kappa shape index (κ3) is 3.05. The molecule has 0 spiro atoms. The number of carbonyl (C=O) groups excluding carboxylic acids is 1. The minimum atomic E-state index is 0.226. The lowest BCUT2D eigenvalue weighted by Gasteiger charge is -2.32. The highest BCUT2D eigenvalue weighted by atomic mass is 16.2. The Morgan fingerprint density at radius 2 is 2.04 bits per heavy atom. The predicted octanol–water partition coefficient (Wildman–Crippen LogP) is 3.55. The third-order valence-corrected chi connectivity index (χ3v) is 5.76. The number of pyridine rings is 1. The van der Waals surface area contributed by atoms with Crippen molar-refractivity contribution in [1.29, 1.82) is 0 Å². The van der Waals surface area contributed by atoms with E-state index in [1.54, 1.807) is 0 Å². The van der Waals surface area contributed by atoms with Crippen LogP contribution in [0.25, 0.3) is 16.6 Å². The SMILES string of the molecule is O=C(CCc1c[nH]c2ccccc12)N1CCCC(c2nnc3ccccn23)C1. The molecule has 0 radical (unpaired) electrons. The summed E-state index contributed by atoms with van der Waals surface area (Å²) in [6.07, 6.45) is 7.38. The van der Waals surface area contributed by atoms with Crippen LogP contribution in [0.1, 0.15) is 36.6 Å². The maximum atomic E-state index is 12.9. The number of nitrogens with zero attached hydrogens (tertiary/aromatic N) is 4. The summed E-state index contributed by atoms with van der Waals surface area (Å²) >= 11 is 0. The fourth-order valence-corrected chi connectivity index (χ4v) is 4.29. The number of benzene rings is 1. The van der Waals surface area contributed by atoms with E-state index in [1.165, 1.54) is 10.9 Å². The summed E-state index contributed by atoms with van der Waals surface area (Å²) in [4.78, 5) is 18.2. The number of fused-ring (bicyclic) bond motifs is 2. The minimum absolute atomic E-state index is 0.226. The van der Waals surface area contributed by atoms with Crippen LogP contribution in [-0.2, 0) is 11.2 Å². The molecule has 1 N–H and O–H groups in total. The fraction of sp³-hybridized carbons (Fsp3) is 0.318. The highest BCUT2D eigenvalue weighted by Crippen LogP contribution is 2.27. The Labute approximate surface area is 163 Å². The van der Waals surface area contributed by atoms with Gasteiger partial charge in [0.15, 0.2) is 5.65 Å². The quantitative estimate of drug-likeness (QED) is 0.595. The Hall–Kier alpha value is -3.15. The van der Waals surface area contributed by atoms with Crippen molar-refractivity contribution in [3.63, 3.8) is 0 Å². The van der Waals surface area contributed by atoms with Crippen LogP contribution in [0, 0.1) is 0 Å². The van der Waals surface area contributed by atoms with Crippen LogP contribution in [-0.4, -0.2) is 43.5 Å². The summed E-state index contributed by atoms with van der Waals surface area (Å²) < 4.78 is 2.05. The summed E-state index contributed by atoms with van der Waals surface area (Å²) in [5, 5.41) is 9.88. The van der Waals surface area contributed by atoms with Crippen molar-refractivity contribution >= 4 is 22.5 Å². The predicted molar refractivity (Wildman–Crippen MR) is 108 cm³/mol. The molecule has 0 bridgehead atoms. The van der Waals surface area contributed by atoms with Gasteiger partial charge < -0.3 is 9.88 Å². The van der Waals surface area contributed by atoms with E-state index in [2.05, 4.69) is 27.3 Å². The van der Waals surface area contributed by atoms with Crippen molar-refractivity contribution in [3.05, 3.63) is 66.2 Å². The van der Waals surface area contributed by atoms with Crippen molar-refractivity contribution < 1.29 is 4.79 Å². The van der Waals surface area contributed by atoms with Gasteiger partial charge >= 0.3 is 0 Å². The number of amides is 1. The maximum absolute atomic E-state index is 12.9. The van der Waals surface area contributed by atoms with E-state index in [0.29, 0.717) is 6.42 Å². The first kappa shape index (κ1) is 17.0. The lowest BCUT2D eigenvalue weighted by atomic mass is 9.96. The van der Waals surface area contributed by atoms with Gasteiger partial charge in [0.05, 0.1) is 0 Å². The van der Waals surface area contributed by atoms with E-state index in [4.69, 9.17) is 0 Å². The maximum Gasteiger partial charge on any atom is 0.222 e. The molecule has 142 valence electrons. The normalized spacial score (nSPS) is 17.4. The molecule has 1 aromatic carbocycles. The molecule has 6 heteroatoms. The zero-order valence-electron chi connectivity index (χ0n) is 15.7. The summed E-state index contributed by atoms with van der Waals surface area (Å²) in [5.41, 5.74) is 3.20. The molecule has 1 fully saturated rings. The first-order valence-electron chi connectivity index (χ1n) is 9.92.